The zero-order chi connectivity index (χ0) is 22.7. The molecule has 8 heteroatoms. The van der Waals surface area contributed by atoms with Gasteiger partial charge in [0.2, 0.25) is 0 Å². The molecule has 0 bridgehead atoms. The highest BCUT2D eigenvalue weighted by molar-refractivity contribution is 6.12. The molecular formula is C24H30FN5O2. The van der Waals surface area contributed by atoms with Crippen molar-refractivity contribution < 1.29 is 14.3 Å². The summed E-state index contributed by atoms with van der Waals surface area (Å²) in [5.41, 5.74) is 8.93. The molecule has 3 aromatic rings. The maximum Gasteiger partial charge on any atom is 0.259 e. The maximum atomic E-state index is 13.2. The lowest BCUT2D eigenvalue weighted by molar-refractivity contribution is 0.102. The molecule has 2 heterocycles. The molecule has 170 valence electrons. The molecule has 1 aliphatic carbocycles. The topological polar surface area (TPSA) is 116 Å². The summed E-state index contributed by atoms with van der Waals surface area (Å²) in [5, 5.41) is 17.6. The standard InChI is InChI=1S/C24H30FN5O2/c1-2-3-21(31)20-12-18-22(28-16-10-6-15(26)7-11-16)19(13-27-23(18)30-20)24(32)29-17-8-4-14(25)5-9-17/h4-5,8-9,12-13,15-16,21,31H,2-3,6-7,10-11,26H2,1H3,(H,29,32)(H2,27,28,30). The quantitative estimate of drug-likeness (QED) is 0.372. The normalized spacial score (nSPS) is 19.6. The van der Waals surface area contributed by atoms with E-state index in [1.165, 1.54) is 30.5 Å². The molecule has 0 spiro atoms. The SMILES string of the molecule is CCCC(O)c1cc2c(NC3CCC(N)CC3)c(C(=O)Nc3ccc(F)cc3)cnc2[nH]1. The number of anilines is 2. The van der Waals surface area contributed by atoms with Crippen molar-refractivity contribution in [3.63, 3.8) is 0 Å². The van der Waals surface area contributed by atoms with Gasteiger partial charge in [-0.15, -0.1) is 0 Å². The number of aromatic amines is 1. The molecule has 6 N–H and O–H groups in total. The number of nitrogens with one attached hydrogen (secondary N) is 3. The number of carbonyl (C=O) groups excluding carboxylic acids is 1. The van der Waals surface area contributed by atoms with Gasteiger partial charge in [0, 0.05) is 35.0 Å². The fourth-order valence-corrected chi connectivity index (χ4v) is 4.23. The first-order valence-corrected chi connectivity index (χ1v) is 11.2. The van der Waals surface area contributed by atoms with E-state index in [4.69, 9.17) is 5.73 Å². The number of benzene rings is 1. The molecule has 4 rings (SSSR count). The van der Waals surface area contributed by atoms with Crippen LogP contribution >= 0.6 is 0 Å². The van der Waals surface area contributed by atoms with Gasteiger partial charge in [0.1, 0.15) is 11.5 Å². The van der Waals surface area contributed by atoms with Gasteiger partial charge in [0.15, 0.2) is 0 Å². The monoisotopic (exact) mass is 439 g/mol. The van der Waals surface area contributed by atoms with E-state index in [1.807, 2.05) is 13.0 Å². The molecule has 1 aliphatic rings. The van der Waals surface area contributed by atoms with Gasteiger partial charge in [-0.25, -0.2) is 9.37 Å². The average molecular weight is 440 g/mol. The molecule has 1 atom stereocenters. The Labute approximate surface area is 186 Å². The van der Waals surface area contributed by atoms with Gasteiger partial charge >= 0.3 is 0 Å². The first-order chi connectivity index (χ1) is 15.4. The van der Waals surface area contributed by atoms with Gasteiger partial charge < -0.3 is 26.5 Å². The number of rotatable bonds is 7. The number of hydrogen-bond donors (Lipinski definition) is 5. The molecule has 1 amide bonds. The van der Waals surface area contributed by atoms with Crippen molar-refractivity contribution in [1.29, 1.82) is 0 Å². The van der Waals surface area contributed by atoms with E-state index in [-0.39, 0.29) is 23.8 Å². The lowest BCUT2D eigenvalue weighted by Crippen LogP contribution is -2.33. The van der Waals surface area contributed by atoms with Crippen LogP contribution in [0.25, 0.3) is 11.0 Å². The number of H-pyrrole nitrogens is 1. The predicted octanol–water partition coefficient (Wildman–Crippen LogP) is 4.47. The minimum Gasteiger partial charge on any atom is -0.387 e. The summed E-state index contributed by atoms with van der Waals surface area (Å²) in [7, 11) is 0. The molecule has 1 unspecified atom stereocenters. The predicted molar refractivity (Wildman–Crippen MR) is 124 cm³/mol. The summed E-state index contributed by atoms with van der Waals surface area (Å²) in [6, 6.07) is 7.92. The van der Waals surface area contributed by atoms with Crippen LogP contribution < -0.4 is 16.4 Å². The highest BCUT2D eigenvalue weighted by Gasteiger charge is 2.24. The van der Waals surface area contributed by atoms with Crippen LogP contribution in [-0.4, -0.2) is 33.1 Å². The van der Waals surface area contributed by atoms with Crippen LogP contribution in [-0.2, 0) is 0 Å². The average Bonchev–Trinajstić information content (AvgIpc) is 3.22. The van der Waals surface area contributed by atoms with E-state index in [9.17, 15) is 14.3 Å². The van der Waals surface area contributed by atoms with Crippen molar-refractivity contribution in [3.8, 4) is 0 Å². The number of amides is 1. The van der Waals surface area contributed by atoms with Crippen LogP contribution in [0.2, 0.25) is 0 Å². The second-order valence-electron chi connectivity index (χ2n) is 8.56. The molecule has 2 aromatic heterocycles. The van der Waals surface area contributed by atoms with E-state index in [1.54, 1.807) is 0 Å². The number of fused-ring (bicyclic) bond motifs is 1. The van der Waals surface area contributed by atoms with Gasteiger partial charge in [-0.3, -0.25) is 4.79 Å². The minimum absolute atomic E-state index is 0.191. The highest BCUT2D eigenvalue weighted by atomic mass is 19.1. The Bertz CT molecular complexity index is 1070. The summed E-state index contributed by atoms with van der Waals surface area (Å²) in [5.74, 6) is -0.702. The maximum absolute atomic E-state index is 13.2. The number of carbonyl (C=O) groups is 1. The Hall–Kier alpha value is -2.97. The summed E-state index contributed by atoms with van der Waals surface area (Å²) in [6.45, 7) is 2.02. The molecule has 7 nitrogen and oxygen atoms in total. The van der Waals surface area contributed by atoms with Crippen molar-refractivity contribution in [3.05, 3.63) is 53.6 Å². The van der Waals surface area contributed by atoms with Crippen LogP contribution in [0, 0.1) is 5.82 Å². The number of aliphatic hydroxyl groups excluding tert-OH is 1. The number of nitrogens with zero attached hydrogens (tertiary/aromatic N) is 1. The summed E-state index contributed by atoms with van der Waals surface area (Å²) >= 11 is 0. The molecule has 1 aromatic carbocycles. The van der Waals surface area contributed by atoms with Crippen LogP contribution in [0.1, 0.15) is 67.6 Å². The Kier molecular flexibility index (Phi) is 6.72. The van der Waals surface area contributed by atoms with Gasteiger partial charge in [0.25, 0.3) is 5.91 Å². The molecule has 0 radical (unpaired) electrons. The van der Waals surface area contributed by atoms with E-state index in [0.717, 1.165) is 37.5 Å². The second kappa shape index (κ2) is 9.67. The lowest BCUT2D eigenvalue weighted by Gasteiger charge is -2.28. The smallest absolute Gasteiger partial charge is 0.259 e. The Balaban J connectivity index is 1.69. The molecule has 1 saturated carbocycles. The summed E-state index contributed by atoms with van der Waals surface area (Å²) in [4.78, 5) is 20.8. The fourth-order valence-electron chi connectivity index (χ4n) is 4.23. The van der Waals surface area contributed by atoms with E-state index in [0.29, 0.717) is 34.7 Å². The first kappa shape index (κ1) is 22.2. The minimum atomic E-state index is -0.619. The van der Waals surface area contributed by atoms with Crippen LogP contribution in [0.4, 0.5) is 15.8 Å². The fraction of sp³-hybridized carbons (Fsp3) is 0.417. The Morgan fingerprint density at radius 2 is 2.00 bits per heavy atom. The third-order valence-electron chi connectivity index (χ3n) is 6.07. The number of nitrogens with two attached hydrogens (primary N) is 1. The number of aliphatic hydroxyl groups is 1. The number of hydrogen-bond acceptors (Lipinski definition) is 5. The molecular weight excluding hydrogens is 409 g/mol. The highest BCUT2D eigenvalue weighted by Crippen LogP contribution is 2.32. The van der Waals surface area contributed by atoms with Gasteiger partial charge in [0.05, 0.1) is 17.4 Å². The van der Waals surface area contributed by atoms with Crippen molar-refractivity contribution in [2.24, 2.45) is 5.73 Å². The number of aromatic nitrogens is 2. The molecule has 0 aliphatic heterocycles. The van der Waals surface area contributed by atoms with Crippen molar-refractivity contribution >= 4 is 28.3 Å². The Morgan fingerprint density at radius 1 is 1.28 bits per heavy atom. The van der Waals surface area contributed by atoms with Crippen molar-refractivity contribution in [2.45, 2.75) is 63.6 Å². The van der Waals surface area contributed by atoms with Crippen molar-refractivity contribution in [2.75, 3.05) is 10.6 Å². The van der Waals surface area contributed by atoms with Crippen LogP contribution in [0.3, 0.4) is 0 Å². The molecule has 1 fully saturated rings. The van der Waals surface area contributed by atoms with E-state index >= 15 is 0 Å². The zero-order valence-electron chi connectivity index (χ0n) is 18.2. The zero-order valence-corrected chi connectivity index (χ0v) is 18.2. The largest absolute Gasteiger partial charge is 0.387 e. The van der Waals surface area contributed by atoms with Gasteiger partial charge in [-0.2, -0.15) is 0 Å². The second-order valence-corrected chi connectivity index (χ2v) is 8.56. The van der Waals surface area contributed by atoms with Crippen LogP contribution in [0.5, 0.6) is 0 Å². The number of pyridine rings is 1. The van der Waals surface area contributed by atoms with Crippen LogP contribution in [0.15, 0.2) is 36.5 Å². The van der Waals surface area contributed by atoms with E-state index in [2.05, 4.69) is 20.6 Å². The first-order valence-electron chi connectivity index (χ1n) is 11.2. The van der Waals surface area contributed by atoms with Gasteiger partial charge in [-0.1, -0.05) is 13.3 Å². The lowest BCUT2D eigenvalue weighted by atomic mass is 9.91. The number of halogens is 1. The Morgan fingerprint density at radius 3 is 2.69 bits per heavy atom. The third kappa shape index (κ3) is 4.92. The van der Waals surface area contributed by atoms with Gasteiger partial charge in [-0.05, 0) is 62.4 Å². The summed E-state index contributed by atoms with van der Waals surface area (Å²) in [6.07, 6.45) is 6.08. The third-order valence-corrected chi connectivity index (χ3v) is 6.07. The van der Waals surface area contributed by atoms with Crippen molar-refractivity contribution in [1.82, 2.24) is 9.97 Å². The van der Waals surface area contributed by atoms with E-state index < -0.39 is 6.10 Å². The summed E-state index contributed by atoms with van der Waals surface area (Å²) < 4.78 is 13.2. The molecule has 0 saturated heterocycles. The molecule has 32 heavy (non-hydrogen) atoms.